The maximum absolute atomic E-state index is 12.4. The molecule has 0 saturated carbocycles. The smallest absolute Gasteiger partial charge is 0.317 e. The van der Waals surface area contributed by atoms with E-state index >= 15 is 0 Å². The highest BCUT2D eigenvalue weighted by Gasteiger charge is 2.26. The van der Waals surface area contributed by atoms with Gasteiger partial charge in [-0.3, -0.25) is 4.98 Å². The number of nitrogens with one attached hydrogen (secondary N) is 1. The Labute approximate surface area is 146 Å². The first kappa shape index (κ1) is 16.7. The van der Waals surface area contributed by atoms with Crippen LogP contribution in [0.25, 0.3) is 0 Å². The van der Waals surface area contributed by atoms with Gasteiger partial charge in [0.2, 0.25) is 0 Å². The molecule has 126 valence electrons. The summed E-state index contributed by atoms with van der Waals surface area (Å²) in [6.45, 7) is 3.95. The third kappa shape index (κ3) is 4.04. The number of aromatic nitrogens is 1. The average molecular weight is 346 g/mol. The van der Waals surface area contributed by atoms with Gasteiger partial charge in [-0.1, -0.05) is 35.9 Å². The molecule has 1 atom stereocenters. The second-order valence-corrected chi connectivity index (χ2v) is 6.20. The Hall–Kier alpha value is -2.11. The number of urea groups is 1. The highest BCUT2D eigenvalue weighted by Crippen LogP contribution is 2.28. The first-order valence-corrected chi connectivity index (χ1v) is 8.31. The van der Waals surface area contributed by atoms with E-state index < -0.39 is 0 Å². The fourth-order valence-corrected chi connectivity index (χ4v) is 2.91. The predicted molar refractivity (Wildman–Crippen MR) is 92.9 cm³/mol. The van der Waals surface area contributed by atoms with Gasteiger partial charge < -0.3 is 15.0 Å². The van der Waals surface area contributed by atoms with Crippen LogP contribution in [0.5, 0.6) is 0 Å². The summed E-state index contributed by atoms with van der Waals surface area (Å²) >= 11 is 6.23. The van der Waals surface area contributed by atoms with Gasteiger partial charge in [0, 0.05) is 35.6 Å². The molecule has 1 fully saturated rings. The molecule has 2 aromatic rings. The Kier molecular flexibility index (Phi) is 5.33. The molecule has 2 amide bonds. The average Bonchev–Trinajstić information content (AvgIpc) is 2.61. The Morgan fingerprint density at radius 2 is 2.21 bits per heavy atom. The third-order valence-corrected chi connectivity index (χ3v) is 4.37. The number of rotatable bonds is 3. The van der Waals surface area contributed by atoms with Crippen LogP contribution in [0.3, 0.4) is 0 Å². The van der Waals surface area contributed by atoms with Gasteiger partial charge in [0.25, 0.3) is 0 Å². The quantitative estimate of drug-likeness (QED) is 0.928. The van der Waals surface area contributed by atoms with Crippen LogP contribution in [0.15, 0.2) is 42.6 Å². The summed E-state index contributed by atoms with van der Waals surface area (Å²) in [4.78, 5) is 18.4. The minimum absolute atomic E-state index is 0.101. The largest absolute Gasteiger partial charge is 0.370 e. The van der Waals surface area contributed by atoms with E-state index in [2.05, 4.69) is 10.3 Å². The Morgan fingerprint density at radius 3 is 2.96 bits per heavy atom. The first-order valence-electron chi connectivity index (χ1n) is 7.94. The second-order valence-electron chi connectivity index (χ2n) is 5.79. The lowest BCUT2D eigenvalue weighted by Gasteiger charge is -2.33. The maximum Gasteiger partial charge on any atom is 0.317 e. The van der Waals surface area contributed by atoms with E-state index in [4.69, 9.17) is 16.3 Å². The molecule has 1 saturated heterocycles. The number of carbonyl (C=O) groups excluding carboxylic acids is 1. The monoisotopic (exact) mass is 345 g/mol. The van der Waals surface area contributed by atoms with Crippen molar-refractivity contribution >= 4 is 17.6 Å². The van der Waals surface area contributed by atoms with Crippen molar-refractivity contribution in [3.63, 3.8) is 0 Å². The SMILES string of the molecule is Cc1ccc(CNC(=O)N2CCO[C@H](c3ccccc3Cl)C2)cn1. The van der Waals surface area contributed by atoms with Crippen LogP contribution < -0.4 is 5.32 Å². The number of hydrogen-bond donors (Lipinski definition) is 1. The van der Waals surface area contributed by atoms with Crippen molar-refractivity contribution in [2.45, 2.75) is 19.6 Å². The summed E-state index contributed by atoms with van der Waals surface area (Å²) in [6.07, 6.45) is 1.58. The van der Waals surface area contributed by atoms with E-state index in [0.717, 1.165) is 16.8 Å². The molecule has 0 radical (unpaired) electrons. The molecule has 1 aromatic carbocycles. The van der Waals surface area contributed by atoms with Crippen LogP contribution >= 0.6 is 11.6 Å². The minimum atomic E-state index is -0.195. The molecule has 0 aliphatic carbocycles. The van der Waals surface area contributed by atoms with Crippen LogP contribution in [0.2, 0.25) is 5.02 Å². The van der Waals surface area contributed by atoms with Gasteiger partial charge in [-0.25, -0.2) is 4.79 Å². The molecule has 1 aliphatic heterocycles. The second kappa shape index (κ2) is 7.64. The highest BCUT2D eigenvalue weighted by atomic mass is 35.5. The van der Waals surface area contributed by atoms with E-state index in [9.17, 15) is 4.79 Å². The lowest BCUT2D eigenvalue weighted by Crippen LogP contribution is -2.47. The van der Waals surface area contributed by atoms with E-state index in [1.807, 2.05) is 43.3 Å². The minimum Gasteiger partial charge on any atom is -0.370 e. The molecule has 6 heteroatoms. The summed E-state index contributed by atoms with van der Waals surface area (Å²) in [5.41, 5.74) is 2.85. The van der Waals surface area contributed by atoms with E-state index in [-0.39, 0.29) is 12.1 Å². The molecule has 24 heavy (non-hydrogen) atoms. The van der Waals surface area contributed by atoms with Crippen LogP contribution in [0, 0.1) is 6.92 Å². The van der Waals surface area contributed by atoms with Crippen molar-refractivity contribution in [1.29, 1.82) is 0 Å². The lowest BCUT2D eigenvalue weighted by molar-refractivity contribution is -0.0154. The lowest BCUT2D eigenvalue weighted by atomic mass is 10.1. The molecule has 0 unspecified atom stereocenters. The first-order chi connectivity index (χ1) is 11.6. The molecule has 1 aliphatic rings. The fraction of sp³-hybridized carbons (Fsp3) is 0.333. The molecule has 1 N–H and O–H groups in total. The van der Waals surface area contributed by atoms with E-state index in [1.54, 1.807) is 11.1 Å². The van der Waals surface area contributed by atoms with E-state index in [1.165, 1.54) is 0 Å². The van der Waals surface area contributed by atoms with Crippen molar-refractivity contribution < 1.29 is 9.53 Å². The third-order valence-electron chi connectivity index (χ3n) is 4.02. The van der Waals surface area contributed by atoms with Gasteiger partial charge in [0.05, 0.1) is 13.2 Å². The van der Waals surface area contributed by atoms with E-state index in [0.29, 0.717) is 31.3 Å². The molecule has 3 rings (SSSR count). The number of amides is 2. The van der Waals surface area contributed by atoms with Crippen molar-refractivity contribution in [2.24, 2.45) is 0 Å². The van der Waals surface area contributed by atoms with Gasteiger partial charge in [0.1, 0.15) is 6.10 Å². The molecule has 0 spiro atoms. The standard InChI is InChI=1S/C18H20ClN3O2/c1-13-6-7-14(10-20-13)11-21-18(23)22-8-9-24-17(12-22)15-4-2-3-5-16(15)19/h2-7,10,17H,8-9,11-12H2,1H3,(H,21,23)/t17-/m0/s1. The van der Waals surface area contributed by atoms with Crippen molar-refractivity contribution in [3.8, 4) is 0 Å². The number of pyridine rings is 1. The number of halogens is 1. The number of carbonyl (C=O) groups is 1. The summed E-state index contributed by atoms with van der Waals surface area (Å²) in [5, 5.41) is 3.60. The van der Waals surface area contributed by atoms with Crippen LogP contribution in [0.4, 0.5) is 4.79 Å². The number of morpholine rings is 1. The Morgan fingerprint density at radius 1 is 1.38 bits per heavy atom. The summed E-state index contributed by atoms with van der Waals surface area (Å²) in [7, 11) is 0. The zero-order chi connectivity index (χ0) is 16.9. The van der Waals surface area contributed by atoms with Crippen molar-refractivity contribution in [1.82, 2.24) is 15.2 Å². The summed E-state index contributed by atoms with van der Waals surface area (Å²) in [6, 6.07) is 11.4. The molecular weight excluding hydrogens is 326 g/mol. The summed E-state index contributed by atoms with van der Waals surface area (Å²) < 4.78 is 5.79. The van der Waals surface area contributed by atoms with Gasteiger partial charge in [-0.05, 0) is 24.6 Å². The number of nitrogens with zero attached hydrogens (tertiary/aromatic N) is 2. The topological polar surface area (TPSA) is 54.5 Å². The number of aryl methyl sites for hydroxylation is 1. The zero-order valence-corrected chi connectivity index (χ0v) is 14.3. The molecule has 5 nitrogen and oxygen atoms in total. The van der Waals surface area contributed by atoms with Crippen molar-refractivity contribution in [2.75, 3.05) is 19.7 Å². The molecule has 0 bridgehead atoms. The predicted octanol–water partition coefficient (Wildman–Crippen LogP) is 3.33. The summed E-state index contributed by atoms with van der Waals surface area (Å²) in [5.74, 6) is 0. The maximum atomic E-state index is 12.4. The van der Waals surface area contributed by atoms with Gasteiger partial charge >= 0.3 is 6.03 Å². The Bertz CT molecular complexity index is 706. The number of hydrogen-bond acceptors (Lipinski definition) is 3. The highest BCUT2D eigenvalue weighted by molar-refractivity contribution is 6.31. The van der Waals surface area contributed by atoms with Gasteiger partial charge in [0.15, 0.2) is 0 Å². The van der Waals surface area contributed by atoms with Crippen LogP contribution in [0.1, 0.15) is 22.9 Å². The molecular formula is C18H20ClN3O2. The van der Waals surface area contributed by atoms with Crippen LogP contribution in [-0.2, 0) is 11.3 Å². The molecule has 2 heterocycles. The van der Waals surface area contributed by atoms with Crippen molar-refractivity contribution in [3.05, 3.63) is 64.4 Å². The Balaban J connectivity index is 1.59. The zero-order valence-electron chi connectivity index (χ0n) is 13.5. The van der Waals surface area contributed by atoms with Crippen LogP contribution in [-0.4, -0.2) is 35.6 Å². The fourth-order valence-electron chi connectivity index (χ4n) is 2.65. The number of ether oxygens (including phenoxy) is 1. The van der Waals surface area contributed by atoms with Gasteiger partial charge in [-0.2, -0.15) is 0 Å². The normalized spacial score (nSPS) is 17.6. The number of benzene rings is 1. The molecule has 1 aromatic heterocycles. The van der Waals surface area contributed by atoms with Gasteiger partial charge in [-0.15, -0.1) is 0 Å².